The molecule has 0 spiro atoms. The van der Waals surface area contributed by atoms with Gasteiger partial charge in [-0.15, -0.1) is 0 Å². The molecule has 0 aromatic heterocycles. The molecule has 0 heterocycles. The number of nitrogens with one attached hydrogen (secondary N) is 1. The molecule has 1 atom stereocenters. The van der Waals surface area contributed by atoms with E-state index in [2.05, 4.69) is 4.74 Å². The van der Waals surface area contributed by atoms with Crippen molar-refractivity contribution in [3.05, 3.63) is 35.9 Å². The van der Waals surface area contributed by atoms with E-state index in [9.17, 15) is 4.79 Å². The molecule has 0 aliphatic rings. The zero-order chi connectivity index (χ0) is 12.0. The highest BCUT2D eigenvalue weighted by Crippen LogP contribution is 2.12. The van der Waals surface area contributed by atoms with Crippen molar-refractivity contribution in [2.24, 2.45) is 5.92 Å². The van der Waals surface area contributed by atoms with Crippen molar-refractivity contribution in [2.75, 3.05) is 0 Å². The summed E-state index contributed by atoms with van der Waals surface area (Å²) < 4.78 is 4.26. The summed E-state index contributed by atoms with van der Waals surface area (Å²) in [5, 5.41) is 15.6. The Kier molecular flexibility index (Phi) is 4.51. The molecule has 1 aromatic rings. The van der Waals surface area contributed by atoms with E-state index < -0.39 is 6.16 Å². The SMILES string of the molecule is CC(CC(=N)OC(=O)O)Cc1ccccc1. The molecule has 16 heavy (non-hydrogen) atoms. The van der Waals surface area contributed by atoms with Gasteiger partial charge in [-0.3, -0.25) is 5.41 Å². The highest BCUT2D eigenvalue weighted by Gasteiger charge is 2.10. The Hall–Kier alpha value is -1.84. The van der Waals surface area contributed by atoms with Gasteiger partial charge in [0.05, 0.1) is 0 Å². The van der Waals surface area contributed by atoms with Crippen LogP contribution in [0, 0.1) is 11.3 Å². The topological polar surface area (TPSA) is 70.4 Å². The molecule has 86 valence electrons. The Morgan fingerprint density at radius 1 is 1.44 bits per heavy atom. The van der Waals surface area contributed by atoms with E-state index >= 15 is 0 Å². The molecule has 0 bridgehead atoms. The molecular formula is C12H15NO3. The van der Waals surface area contributed by atoms with Crippen molar-refractivity contribution < 1.29 is 14.6 Å². The molecule has 4 nitrogen and oxygen atoms in total. The zero-order valence-corrected chi connectivity index (χ0v) is 9.14. The average molecular weight is 221 g/mol. The second kappa shape index (κ2) is 5.90. The van der Waals surface area contributed by atoms with Crippen molar-refractivity contribution in [3.63, 3.8) is 0 Å². The van der Waals surface area contributed by atoms with Gasteiger partial charge in [0.2, 0.25) is 0 Å². The van der Waals surface area contributed by atoms with Gasteiger partial charge < -0.3 is 9.84 Å². The van der Waals surface area contributed by atoms with E-state index in [0.717, 1.165) is 6.42 Å². The van der Waals surface area contributed by atoms with Crippen LogP contribution in [0.15, 0.2) is 30.3 Å². The molecule has 0 saturated heterocycles. The Morgan fingerprint density at radius 2 is 2.06 bits per heavy atom. The number of carbonyl (C=O) groups is 1. The minimum absolute atomic E-state index is 0.189. The van der Waals surface area contributed by atoms with Crippen LogP contribution in [0.3, 0.4) is 0 Å². The number of ether oxygens (including phenoxy) is 1. The second-order valence-corrected chi connectivity index (χ2v) is 3.79. The van der Waals surface area contributed by atoms with Crippen molar-refractivity contribution >= 4 is 12.1 Å². The minimum atomic E-state index is -1.42. The number of hydrogen-bond donors (Lipinski definition) is 2. The smallest absolute Gasteiger partial charge is 0.449 e. The second-order valence-electron chi connectivity index (χ2n) is 3.79. The first-order chi connectivity index (χ1) is 7.58. The third-order valence-electron chi connectivity index (χ3n) is 2.17. The van der Waals surface area contributed by atoms with Gasteiger partial charge >= 0.3 is 6.16 Å². The number of benzene rings is 1. The lowest BCUT2D eigenvalue weighted by Crippen LogP contribution is -2.13. The minimum Gasteiger partial charge on any atom is -0.449 e. The number of hydrogen-bond acceptors (Lipinski definition) is 3. The van der Waals surface area contributed by atoms with E-state index in [1.165, 1.54) is 5.56 Å². The Morgan fingerprint density at radius 3 is 2.62 bits per heavy atom. The Bertz CT molecular complexity index is 362. The van der Waals surface area contributed by atoms with Gasteiger partial charge in [-0.2, -0.15) is 0 Å². The van der Waals surface area contributed by atoms with Crippen LogP contribution < -0.4 is 0 Å². The first-order valence-corrected chi connectivity index (χ1v) is 5.10. The van der Waals surface area contributed by atoms with Gasteiger partial charge in [-0.05, 0) is 17.9 Å². The molecule has 2 N–H and O–H groups in total. The van der Waals surface area contributed by atoms with Crippen LogP contribution in [0.4, 0.5) is 4.79 Å². The first-order valence-electron chi connectivity index (χ1n) is 5.10. The van der Waals surface area contributed by atoms with Gasteiger partial charge in [0.25, 0.3) is 0 Å². The standard InChI is InChI=1S/C12H15NO3/c1-9(8-11(13)16-12(14)15)7-10-5-3-2-4-6-10/h2-6,9,13H,7-8H2,1H3,(H,14,15). The maximum absolute atomic E-state index is 10.2. The predicted octanol–water partition coefficient (Wildman–Crippen LogP) is 2.93. The molecule has 0 radical (unpaired) electrons. The molecule has 0 amide bonds. The van der Waals surface area contributed by atoms with Gasteiger partial charge in [0, 0.05) is 6.42 Å². The quantitative estimate of drug-likeness (QED) is 0.466. The Labute approximate surface area is 94.4 Å². The summed E-state index contributed by atoms with van der Waals surface area (Å²) in [5.74, 6) is -0.00909. The number of rotatable bonds is 4. The molecule has 0 fully saturated rings. The lowest BCUT2D eigenvalue weighted by Gasteiger charge is -2.10. The average Bonchev–Trinajstić information content (AvgIpc) is 2.17. The molecular weight excluding hydrogens is 206 g/mol. The van der Waals surface area contributed by atoms with Gasteiger partial charge in [0.15, 0.2) is 5.90 Å². The van der Waals surface area contributed by atoms with Gasteiger partial charge in [0.1, 0.15) is 0 Å². The molecule has 0 aliphatic carbocycles. The molecule has 4 heteroatoms. The summed E-state index contributed by atoms with van der Waals surface area (Å²) in [6.45, 7) is 1.97. The third-order valence-corrected chi connectivity index (χ3v) is 2.17. The predicted molar refractivity (Wildman–Crippen MR) is 60.8 cm³/mol. The normalized spacial score (nSPS) is 11.8. The van der Waals surface area contributed by atoms with E-state index in [0.29, 0.717) is 6.42 Å². The van der Waals surface area contributed by atoms with Gasteiger partial charge in [-0.1, -0.05) is 37.3 Å². The highest BCUT2D eigenvalue weighted by molar-refractivity contribution is 5.83. The van der Waals surface area contributed by atoms with Crippen LogP contribution in [0.1, 0.15) is 18.9 Å². The molecule has 0 saturated carbocycles. The van der Waals surface area contributed by atoms with E-state index in [-0.39, 0.29) is 11.8 Å². The Balaban J connectivity index is 2.39. The van der Waals surface area contributed by atoms with Crippen molar-refractivity contribution in [1.82, 2.24) is 0 Å². The number of carboxylic acid groups (broad SMARTS) is 1. The largest absolute Gasteiger partial charge is 0.512 e. The zero-order valence-electron chi connectivity index (χ0n) is 9.14. The van der Waals surface area contributed by atoms with E-state index in [4.69, 9.17) is 10.5 Å². The van der Waals surface area contributed by atoms with E-state index in [1.807, 2.05) is 37.3 Å². The maximum Gasteiger partial charge on any atom is 0.512 e. The fourth-order valence-electron chi connectivity index (χ4n) is 1.55. The van der Waals surface area contributed by atoms with Crippen LogP contribution in [0.25, 0.3) is 0 Å². The fourth-order valence-corrected chi connectivity index (χ4v) is 1.55. The first kappa shape index (κ1) is 12.2. The summed E-state index contributed by atoms with van der Waals surface area (Å²) in [6.07, 6.45) is -0.273. The monoisotopic (exact) mass is 221 g/mol. The third kappa shape index (κ3) is 4.59. The lowest BCUT2D eigenvalue weighted by atomic mass is 9.98. The van der Waals surface area contributed by atoms with Crippen LogP contribution >= 0.6 is 0 Å². The van der Waals surface area contributed by atoms with Gasteiger partial charge in [-0.25, -0.2) is 4.79 Å². The van der Waals surface area contributed by atoms with E-state index in [1.54, 1.807) is 0 Å². The summed E-state index contributed by atoms with van der Waals surface area (Å²) in [7, 11) is 0. The summed E-state index contributed by atoms with van der Waals surface area (Å²) in [5.41, 5.74) is 1.18. The maximum atomic E-state index is 10.2. The highest BCUT2D eigenvalue weighted by atomic mass is 16.7. The summed E-state index contributed by atoms with van der Waals surface area (Å²) >= 11 is 0. The van der Waals surface area contributed by atoms with Crippen LogP contribution in [-0.2, 0) is 11.2 Å². The van der Waals surface area contributed by atoms with Crippen LogP contribution in [0.2, 0.25) is 0 Å². The van der Waals surface area contributed by atoms with Crippen LogP contribution in [-0.4, -0.2) is 17.2 Å². The van der Waals surface area contributed by atoms with Crippen LogP contribution in [0.5, 0.6) is 0 Å². The summed E-state index contributed by atoms with van der Waals surface area (Å²) in [4.78, 5) is 10.2. The lowest BCUT2D eigenvalue weighted by molar-refractivity contribution is 0.138. The van der Waals surface area contributed by atoms with Crippen molar-refractivity contribution in [3.8, 4) is 0 Å². The molecule has 1 rings (SSSR count). The van der Waals surface area contributed by atoms with Crippen molar-refractivity contribution in [2.45, 2.75) is 19.8 Å². The fraction of sp³-hybridized carbons (Fsp3) is 0.333. The molecule has 0 aliphatic heterocycles. The summed E-state index contributed by atoms with van der Waals surface area (Å²) in [6, 6.07) is 9.89. The molecule has 1 aromatic carbocycles. The molecule has 1 unspecified atom stereocenters. The van der Waals surface area contributed by atoms with Crippen molar-refractivity contribution in [1.29, 1.82) is 5.41 Å².